The summed E-state index contributed by atoms with van der Waals surface area (Å²) < 4.78 is 11.7. The lowest BCUT2D eigenvalue weighted by atomic mass is 10.3. The Morgan fingerprint density at radius 2 is 2.20 bits per heavy atom. The van der Waals surface area contributed by atoms with Gasteiger partial charge in [0.2, 0.25) is 0 Å². The topological polar surface area (TPSA) is 44.5 Å². The Bertz CT molecular complexity index is 364. The van der Waals surface area contributed by atoms with Gasteiger partial charge in [-0.1, -0.05) is 0 Å². The first-order valence-electron chi connectivity index (χ1n) is 4.88. The smallest absolute Gasteiger partial charge is 0.136 e. The number of nitrogens with two attached hydrogens (primary N) is 1. The zero-order chi connectivity index (χ0) is 10.9. The zero-order valence-corrected chi connectivity index (χ0v) is 10.2. The first-order valence-corrected chi connectivity index (χ1v) is 5.67. The lowest BCUT2D eigenvalue weighted by Crippen LogP contribution is -2.29. The van der Waals surface area contributed by atoms with Crippen molar-refractivity contribution in [3.05, 3.63) is 22.7 Å². The van der Waals surface area contributed by atoms with Crippen molar-refractivity contribution in [3.8, 4) is 11.5 Å². The Balaban J connectivity index is 2.01. The van der Waals surface area contributed by atoms with Gasteiger partial charge in [-0.25, -0.2) is 0 Å². The molecular weight excluding hydrogens is 258 g/mol. The van der Waals surface area contributed by atoms with Gasteiger partial charge in [-0.05, 0) is 40.9 Å². The van der Waals surface area contributed by atoms with E-state index in [1.807, 2.05) is 18.2 Å². The molecule has 1 saturated carbocycles. The van der Waals surface area contributed by atoms with Crippen molar-refractivity contribution in [1.82, 2.24) is 0 Å². The third kappa shape index (κ3) is 2.63. The molecule has 2 N–H and O–H groups in total. The van der Waals surface area contributed by atoms with Gasteiger partial charge in [0.15, 0.2) is 0 Å². The molecule has 0 bridgehead atoms. The number of methoxy groups -OCH3 is 1. The van der Waals surface area contributed by atoms with E-state index in [0.29, 0.717) is 6.61 Å². The average molecular weight is 272 g/mol. The SMILES string of the molecule is COc1cc(OCC2(N)CC2)ccc1Br. The normalized spacial score (nSPS) is 17.3. The number of rotatable bonds is 4. The number of benzene rings is 1. The van der Waals surface area contributed by atoms with Gasteiger partial charge >= 0.3 is 0 Å². The second-order valence-electron chi connectivity index (χ2n) is 3.95. The lowest BCUT2D eigenvalue weighted by molar-refractivity contribution is 0.277. The second-order valence-corrected chi connectivity index (χ2v) is 4.80. The molecule has 0 atom stereocenters. The molecule has 4 heteroatoms. The van der Waals surface area contributed by atoms with Crippen molar-refractivity contribution in [3.63, 3.8) is 0 Å². The summed E-state index contributed by atoms with van der Waals surface area (Å²) >= 11 is 3.39. The van der Waals surface area contributed by atoms with Gasteiger partial charge in [-0.15, -0.1) is 0 Å². The first-order chi connectivity index (χ1) is 7.13. The van der Waals surface area contributed by atoms with Crippen molar-refractivity contribution in [2.75, 3.05) is 13.7 Å². The Kier molecular flexibility index (Phi) is 2.89. The summed E-state index contributed by atoms with van der Waals surface area (Å²) in [7, 11) is 1.63. The minimum atomic E-state index is -0.0830. The van der Waals surface area contributed by atoms with Crippen molar-refractivity contribution in [2.45, 2.75) is 18.4 Å². The van der Waals surface area contributed by atoms with Crippen molar-refractivity contribution in [2.24, 2.45) is 5.73 Å². The highest BCUT2D eigenvalue weighted by Gasteiger charge is 2.39. The standard InChI is InChI=1S/C11H14BrNO2/c1-14-10-6-8(2-3-9(10)12)15-7-11(13)4-5-11/h2-3,6H,4-5,7,13H2,1H3. The molecule has 0 unspecified atom stereocenters. The molecular formula is C11H14BrNO2. The van der Waals surface area contributed by atoms with E-state index in [2.05, 4.69) is 15.9 Å². The zero-order valence-electron chi connectivity index (χ0n) is 8.63. The largest absolute Gasteiger partial charge is 0.495 e. The Morgan fingerprint density at radius 1 is 1.47 bits per heavy atom. The van der Waals surface area contributed by atoms with Gasteiger partial charge in [-0.2, -0.15) is 0 Å². The van der Waals surface area contributed by atoms with Gasteiger partial charge in [-0.3, -0.25) is 0 Å². The van der Waals surface area contributed by atoms with E-state index >= 15 is 0 Å². The molecule has 3 nitrogen and oxygen atoms in total. The molecule has 0 spiro atoms. The number of halogens is 1. The summed E-state index contributed by atoms with van der Waals surface area (Å²) in [5.74, 6) is 1.57. The average Bonchev–Trinajstić information content (AvgIpc) is 2.96. The van der Waals surface area contributed by atoms with E-state index in [0.717, 1.165) is 28.8 Å². The highest BCUT2D eigenvalue weighted by Crippen LogP contribution is 2.34. The van der Waals surface area contributed by atoms with Crippen LogP contribution in [0.1, 0.15) is 12.8 Å². The Morgan fingerprint density at radius 3 is 2.80 bits per heavy atom. The summed E-state index contributed by atoms with van der Waals surface area (Å²) in [5.41, 5.74) is 5.85. The van der Waals surface area contributed by atoms with Gasteiger partial charge in [0.1, 0.15) is 18.1 Å². The maximum atomic E-state index is 5.93. The minimum absolute atomic E-state index is 0.0830. The molecule has 1 aromatic rings. The summed E-state index contributed by atoms with van der Waals surface area (Å²) in [6, 6.07) is 5.67. The molecule has 82 valence electrons. The predicted molar refractivity (Wildman–Crippen MR) is 62.3 cm³/mol. The number of ether oxygens (including phenoxy) is 2. The molecule has 0 saturated heterocycles. The number of hydrogen-bond donors (Lipinski definition) is 1. The third-order valence-corrected chi connectivity index (χ3v) is 3.20. The summed E-state index contributed by atoms with van der Waals surface area (Å²) in [4.78, 5) is 0. The van der Waals surface area contributed by atoms with Crippen LogP contribution >= 0.6 is 15.9 Å². The highest BCUT2D eigenvalue weighted by atomic mass is 79.9. The molecule has 0 amide bonds. The predicted octanol–water partition coefficient (Wildman–Crippen LogP) is 2.33. The maximum Gasteiger partial charge on any atom is 0.136 e. The van der Waals surface area contributed by atoms with Crippen LogP contribution in [0.5, 0.6) is 11.5 Å². The van der Waals surface area contributed by atoms with E-state index in [9.17, 15) is 0 Å². The van der Waals surface area contributed by atoms with Crippen LogP contribution in [0.2, 0.25) is 0 Å². The van der Waals surface area contributed by atoms with E-state index in [4.69, 9.17) is 15.2 Å². The summed E-state index contributed by atoms with van der Waals surface area (Å²) in [6.45, 7) is 0.581. The third-order valence-electron chi connectivity index (χ3n) is 2.54. The Hall–Kier alpha value is -0.740. The van der Waals surface area contributed by atoms with Gasteiger partial charge in [0.05, 0.1) is 17.1 Å². The van der Waals surface area contributed by atoms with E-state index < -0.39 is 0 Å². The highest BCUT2D eigenvalue weighted by molar-refractivity contribution is 9.10. The quantitative estimate of drug-likeness (QED) is 0.914. The molecule has 1 aliphatic rings. The minimum Gasteiger partial charge on any atom is -0.495 e. The van der Waals surface area contributed by atoms with Crippen LogP contribution in [0.3, 0.4) is 0 Å². The molecule has 1 fully saturated rings. The van der Waals surface area contributed by atoms with Gasteiger partial charge in [0, 0.05) is 6.07 Å². The molecule has 15 heavy (non-hydrogen) atoms. The van der Waals surface area contributed by atoms with Crippen molar-refractivity contribution < 1.29 is 9.47 Å². The maximum absolute atomic E-state index is 5.93. The van der Waals surface area contributed by atoms with Crippen molar-refractivity contribution >= 4 is 15.9 Å². The molecule has 2 rings (SSSR count). The second kappa shape index (κ2) is 4.02. The van der Waals surface area contributed by atoms with E-state index in [1.54, 1.807) is 7.11 Å². The van der Waals surface area contributed by atoms with Gasteiger partial charge in [0.25, 0.3) is 0 Å². The molecule has 0 aromatic heterocycles. The first kappa shape index (κ1) is 10.8. The fourth-order valence-electron chi connectivity index (χ4n) is 1.26. The number of hydrogen-bond acceptors (Lipinski definition) is 3. The van der Waals surface area contributed by atoms with Crippen LogP contribution in [0, 0.1) is 0 Å². The van der Waals surface area contributed by atoms with E-state index in [1.165, 1.54) is 0 Å². The monoisotopic (exact) mass is 271 g/mol. The van der Waals surface area contributed by atoms with Crippen LogP contribution in [-0.4, -0.2) is 19.3 Å². The summed E-state index contributed by atoms with van der Waals surface area (Å²) in [6.07, 6.45) is 2.11. The molecule has 0 radical (unpaired) electrons. The molecule has 0 aliphatic heterocycles. The van der Waals surface area contributed by atoms with Gasteiger partial charge < -0.3 is 15.2 Å². The summed E-state index contributed by atoms with van der Waals surface area (Å²) in [5, 5.41) is 0. The van der Waals surface area contributed by atoms with Crippen LogP contribution < -0.4 is 15.2 Å². The van der Waals surface area contributed by atoms with Crippen LogP contribution in [0.15, 0.2) is 22.7 Å². The lowest BCUT2D eigenvalue weighted by Gasteiger charge is -2.12. The fraction of sp³-hybridized carbons (Fsp3) is 0.455. The van der Waals surface area contributed by atoms with Crippen molar-refractivity contribution in [1.29, 1.82) is 0 Å². The van der Waals surface area contributed by atoms with E-state index in [-0.39, 0.29) is 5.54 Å². The Labute approximate surface area is 97.7 Å². The molecule has 0 heterocycles. The molecule has 1 aromatic carbocycles. The van der Waals surface area contributed by atoms with Crippen LogP contribution in [-0.2, 0) is 0 Å². The molecule has 1 aliphatic carbocycles. The van der Waals surface area contributed by atoms with Crippen LogP contribution in [0.4, 0.5) is 0 Å². The fourth-order valence-corrected chi connectivity index (χ4v) is 1.67. The van der Waals surface area contributed by atoms with Crippen LogP contribution in [0.25, 0.3) is 0 Å².